The molecule has 0 saturated heterocycles. The van der Waals surface area contributed by atoms with Crippen LogP contribution in [0.25, 0.3) is 10.1 Å². The molecule has 0 unspecified atom stereocenters. The number of amides is 2. The van der Waals surface area contributed by atoms with Gasteiger partial charge in [-0.1, -0.05) is 29.8 Å². The van der Waals surface area contributed by atoms with Crippen LogP contribution in [0.1, 0.15) is 12.8 Å². The minimum absolute atomic E-state index is 0.277. The SMILES string of the molecule is O=C(NC[C@@H](O)C1CC1)Nc1sc2ccccc2c1Cl. The molecule has 1 heterocycles. The first-order valence-electron chi connectivity index (χ1n) is 6.55. The van der Waals surface area contributed by atoms with E-state index in [4.69, 9.17) is 11.6 Å². The summed E-state index contributed by atoms with van der Waals surface area (Å²) >= 11 is 7.68. The minimum Gasteiger partial charge on any atom is -0.391 e. The van der Waals surface area contributed by atoms with Crippen LogP contribution >= 0.6 is 22.9 Å². The van der Waals surface area contributed by atoms with Gasteiger partial charge in [0, 0.05) is 16.6 Å². The number of urea groups is 1. The van der Waals surface area contributed by atoms with Gasteiger partial charge in [-0.3, -0.25) is 5.32 Å². The molecule has 0 bridgehead atoms. The van der Waals surface area contributed by atoms with Gasteiger partial charge in [0.15, 0.2) is 0 Å². The van der Waals surface area contributed by atoms with Crippen molar-refractivity contribution in [1.82, 2.24) is 5.32 Å². The highest BCUT2D eigenvalue weighted by Crippen LogP contribution is 2.39. The normalized spacial score (nSPS) is 16.1. The van der Waals surface area contributed by atoms with Crippen molar-refractivity contribution in [2.45, 2.75) is 18.9 Å². The molecule has 0 aliphatic heterocycles. The zero-order valence-corrected chi connectivity index (χ0v) is 12.3. The fourth-order valence-corrected chi connectivity index (χ4v) is 3.46. The van der Waals surface area contributed by atoms with Gasteiger partial charge in [-0.2, -0.15) is 0 Å². The predicted molar refractivity (Wildman–Crippen MR) is 82.6 cm³/mol. The number of aliphatic hydroxyl groups excluding tert-OH is 1. The van der Waals surface area contributed by atoms with Crippen molar-refractivity contribution in [3.63, 3.8) is 0 Å². The van der Waals surface area contributed by atoms with Crippen LogP contribution in [0.4, 0.5) is 9.80 Å². The molecule has 4 nitrogen and oxygen atoms in total. The molecule has 1 fully saturated rings. The van der Waals surface area contributed by atoms with E-state index in [0.717, 1.165) is 22.9 Å². The first-order chi connectivity index (χ1) is 9.65. The number of carbonyl (C=O) groups is 1. The van der Waals surface area contributed by atoms with Crippen LogP contribution in [0.5, 0.6) is 0 Å². The maximum absolute atomic E-state index is 11.8. The zero-order valence-electron chi connectivity index (χ0n) is 10.7. The summed E-state index contributed by atoms with van der Waals surface area (Å²) in [6, 6.07) is 7.40. The highest BCUT2D eigenvalue weighted by atomic mass is 35.5. The average Bonchev–Trinajstić information content (AvgIpc) is 3.24. The topological polar surface area (TPSA) is 61.4 Å². The number of thiophene rings is 1. The van der Waals surface area contributed by atoms with E-state index < -0.39 is 6.10 Å². The fourth-order valence-electron chi connectivity index (χ4n) is 2.09. The monoisotopic (exact) mass is 310 g/mol. The van der Waals surface area contributed by atoms with Gasteiger partial charge in [0.25, 0.3) is 0 Å². The van der Waals surface area contributed by atoms with Gasteiger partial charge in [0.2, 0.25) is 0 Å². The largest absolute Gasteiger partial charge is 0.391 e. The molecule has 2 amide bonds. The molecule has 106 valence electrons. The number of aliphatic hydroxyl groups is 1. The van der Waals surface area contributed by atoms with Gasteiger partial charge in [0.1, 0.15) is 5.00 Å². The van der Waals surface area contributed by atoms with E-state index >= 15 is 0 Å². The van der Waals surface area contributed by atoms with Crippen LogP contribution in [0.3, 0.4) is 0 Å². The van der Waals surface area contributed by atoms with Crippen molar-refractivity contribution in [3.8, 4) is 0 Å². The van der Waals surface area contributed by atoms with Crippen molar-refractivity contribution in [2.24, 2.45) is 5.92 Å². The van der Waals surface area contributed by atoms with Crippen molar-refractivity contribution in [3.05, 3.63) is 29.3 Å². The number of halogens is 1. The fraction of sp³-hybridized carbons (Fsp3) is 0.357. The quantitative estimate of drug-likeness (QED) is 0.810. The molecule has 1 aliphatic carbocycles. The number of benzene rings is 1. The molecule has 1 aromatic heterocycles. The molecular weight excluding hydrogens is 296 g/mol. The lowest BCUT2D eigenvalue weighted by Crippen LogP contribution is -2.35. The molecule has 0 radical (unpaired) electrons. The molecule has 1 atom stereocenters. The molecular formula is C14H15ClN2O2S. The second kappa shape index (κ2) is 5.60. The summed E-state index contributed by atoms with van der Waals surface area (Å²) in [5.74, 6) is 0.350. The van der Waals surface area contributed by atoms with Crippen molar-refractivity contribution in [1.29, 1.82) is 0 Å². The standard InChI is InChI=1S/C14H15ClN2O2S/c15-12-9-3-1-2-4-11(9)20-13(12)17-14(19)16-7-10(18)8-5-6-8/h1-4,8,10,18H,5-7H2,(H2,16,17,19)/t10-/m1/s1. The van der Waals surface area contributed by atoms with Gasteiger partial charge in [-0.25, -0.2) is 4.79 Å². The summed E-state index contributed by atoms with van der Waals surface area (Å²) in [4.78, 5) is 11.8. The molecule has 3 rings (SSSR count). The lowest BCUT2D eigenvalue weighted by Gasteiger charge is -2.11. The molecule has 3 N–H and O–H groups in total. The number of carbonyl (C=O) groups excluding carboxylic acids is 1. The minimum atomic E-state index is -0.446. The number of hydrogen-bond donors (Lipinski definition) is 3. The number of nitrogens with one attached hydrogen (secondary N) is 2. The van der Waals surface area contributed by atoms with E-state index in [1.54, 1.807) is 0 Å². The van der Waals surface area contributed by atoms with Gasteiger partial charge < -0.3 is 10.4 Å². The lowest BCUT2D eigenvalue weighted by molar-refractivity contribution is 0.150. The third kappa shape index (κ3) is 2.90. The van der Waals surface area contributed by atoms with Crippen molar-refractivity contribution >= 4 is 44.1 Å². The number of rotatable bonds is 4. The Hall–Kier alpha value is -1.30. The van der Waals surface area contributed by atoms with Gasteiger partial charge in [-0.15, -0.1) is 11.3 Å². The maximum atomic E-state index is 11.8. The Morgan fingerprint density at radius 1 is 1.45 bits per heavy atom. The number of hydrogen-bond acceptors (Lipinski definition) is 3. The summed E-state index contributed by atoms with van der Waals surface area (Å²) in [6.07, 6.45) is 1.65. The van der Waals surface area contributed by atoms with Crippen LogP contribution in [0.15, 0.2) is 24.3 Å². The second-order valence-electron chi connectivity index (χ2n) is 4.98. The van der Waals surface area contributed by atoms with Gasteiger partial charge >= 0.3 is 6.03 Å². The molecule has 0 spiro atoms. The van der Waals surface area contributed by atoms with E-state index in [2.05, 4.69) is 10.6 Å². The van der Waals surface area contributed by atoms with Gasteiger partial charge in [0.05, 0.1) is 11.1 Å². The molecule has 1 aliphatic rings. The van der Waals surface area contributed by atoms with Crippen molar-refractivity contribution < 1.29 is 9.90 Å². The average molecular weight is 311 g/mol. The van der Waals surface area contributed by atoms with Crippen LogP contribution in [-0.2, 0) is 0 Å². The Balaban J connectivity index is 1.63. The summed E-state index contributed by atoms with van der Waals surface area (Å²) < 4.78 is 1.03. The molecule has 20 heavy (non-hydrogen) atoms. The Kier molecular flexibility index (Phi) is 3.83. The van der Waals surface area contributed by atoms with E-state index in [1.165, 1.54) is 11.3 Å². The summed E-state index contributed by atoms with van der Waals surface area (Å²) in [5, 5.41) is 17.2. The Morgan fingerprint density at radius 2 is 2.20 bits per heavy atom. The maximum Gasteiger partial charge on any atom is 0.319 e. The summed E-state index contributed by atoms with van der Waals surface area (Å²) in [6.45, 7) is 0.277. The second-order valence-corrected chi connectivity index (χ2v) is 6.41. The highest BCUT2D eigenvalue weighted by Gasteiger charge is 2.29. The summed E-state index contributed by atoms with van der Waals surface area (Å²) in [5.41, 5.74) is 0. The van der Waals surface area contributed by atoms with Crippen molar-refractivity contribution in [2.75, 3.05) is 11.9 Å². The number of fused-ring (bicyclic) bond motifs is 1. The van der Waals surface area contributed by atoms with Crippen LogP contribution in [-0.4, -0.2) is 23.8 Å². The van der Waals surface area contributed by atoms with E-state index in [9.17, 15) is 9.90 Å². The van der Waals surface area contributed by atoms with Crippen LogP contribution in [0, 0.1) is 5.92 Å². The Bertz CT molecular complexity index is 639. The van der Waals surface area contributed by atoms with E-state index in [0.29, 0.717) is 15.9 Å². The van der Waals surface area contributed by atoms with Gasteiger partial charge in [-0.05, 0) is 24.8 Å². The van der Waals surface area contributed by atoms with Crippen LogP contribution < -0.4 is 10.6 Å². The third-order valence-corrected chi connectivity index (χ3v) is 4.99. The first kappa shape index (κ1) is 13.7. The summed E-state index contributed by atoms with van der Waals surface area (Å²) in [7, 11) is 0. The Morgan fingerprint density at radius 3 is 2.90 bits per heavy atom. The molecule has 1 aromatic carbocycles. The van der Waals surface area contributed by atoms with Crippen LogP contribution in [0.2, 0.25) is 5.02 Å². The third-order valence-electron chi connectivity index (χ3n) is 3.40. The predicted octanol–water partition coefficient (Wildman–Crippen LogP) is 3.45. The highest BCUT2D eigenvalue weighted by molar-refractivity contribution is 7.23. The number of anilines is 1. The molecule has 2 aromatic rings. The Labute approximate surface area is 125 Å². The smallest absolute Gasteiger partial charge is 0.319 e. The zero-order chi connectivity index (χ0) is 14.1. The first-order valence-corrected chi connectivity index (χ1v) is 7.74. The molecule has 6 heteroatoms. The van der Waals surface area contributed by atoms with E-state index in [1.807, 2.05) is 24.3 Å². The lowest BCUT2D eigenvalue weighted by atomic mass is 10.2. The van der Waals surface area contributed by atoms with E-state index in [-0.39, 0.29) is 12.6 Å². The molecule has 1 saturated carbocycles.